The predicted molar refractivity (Wildman–Crippen MR) is 107 cm³/mol. The Bertz CT molecular complexity index is 1060. The van der Waals surface area contributed by atoms with E-state index in [1.54, 1.807) is 6.07 Å². The summed E-state index contributed by atoms with van der Waals surface area (Å²) in [5.74, 6) is 0.110. The summed E-state index contributed by atoms with van der Waals surface area (Å²) in [7, 11) is 0. The van der Waals surface area contributed by atoms with Crippen LogP contribution in [-0.2, 0) is 16.0 Å². The van der Waals surface area contributed by atoms with E-state index in [-0.39, 0.29) is 13.2 Å². The molecule has 0 aromatic heterocycles. The Morgan fingerprint density at radius 2 is 1.81 bits per heavy atom. The molecule has 0 bridgehead atoms. The van der Waals surface area contributed by atoms with Gasteiger partial charge in [0.25, 0.3) is 0 Å². The van der Waals surface area contributed by atoms with Gasteiger partial charge in [-0.15, -0.1) is 0 Å². The molecule has 0 amide bonds. The fraction of sp³-hybridized carbons (Fsp3) is 0.125. The minimum atomic E-state index is -0.473. The fourth-order valence-corrected chi connectivity index (χ4v) is 3.44. The molecule has 0 aliphatic heterocycles. The molecule has 3 nitrogen and oxygen atoms in total. The van der Waals surface area contributed by atoms with Crippen molar-refractivity contribution in [3.63, 3.8) is 0 Å². The number of carbonyl (C=O) groups excluding carboxylic acids is 1. The van der Waals surface area contributed by atoms with Crippen molar-refractivity contribution in [1.29, 1.82) is 0 Å². The minimum Gasteiger partial charge on any atom is -0.490 e. The third kappa shape index (κ3) is 3.49. The molecule has 0 spiro atoms. The zero-order valence-electron chi connectivity index (χ0n) is 15.9. The van der Waals surface area contributed by atoms with Crippen molar-refractivity contribution in [3.05, 3.63) is 90.5 Å². The minimum absolute atomic E-state index is 0.143. The molecule has 1 aliphatic rings. The number of hydrogen-bond donors (Lipinski definition) is 0. The van der Waals surface area contributed by atoms with Gasteiger partial charge in [0.05, 0.1) is 1.37 Å². The van der Waals surface area contributed by atoms with Gasteiger partial charge in [0.1, 0.15) is 19.0 Å². The van der Waals surface area contributed by atoms with Gasteiger partial charge >= 0.3 is 5.97 Å². The van der Waals surface area contributed by atoms with E-state index in [1.165, 1.54) is 22.3 Å². The normalized spacial score (nSPS) is 11.9. The van der Waals surface area contributed by atoms with Crippen molar-refractivity contribution in [2.24, 2.45) is 0 Å². The number of rotatable bonds is 6. The lowest BCUT2D eigenvalue weighted by atomic mass is 9.96. The average Bonchev–Trinajstić information content (AvgIpc) is 3.10. The summed E-state index contributed by atoms with van der Waals surface area (Å²) in [5, 5.41) is 0. The molecule has 0 saturated carbocycles. The summed E-state index contributed by atoms with van der Waals surface area (Å²) in [6, 6.07) is 20.6. The van der Waals surface area contributed by atoms with Crippen LogP contribution >= 0.6 is 0 Å². The highest BCUT2D eigenvalue weighted by Crippen LogP contribution is 2.41. The highest BCUT2D eigenvalue weighted by molar-refractivity contribution is 5.84. The third-order valence-corrected chi connectivity index (χ3v) is 4.69. The monoisotopic (exact) mass is 357 g/mol. The van der Waals surface area contributed by atoms with Gasteiger partial charge in [-0.2, -0.15) is 0 Å². The topological polar surface area (TPSA) is 35.5 Å². The van der Waals surface area contributed by atoms with E-state index in [0.29, 0.717) is 11.8 Å². The van der Waals surface area contributed by atoms with Crippen LogP contribution in [-0.4, -0.2) is 19.2 Å². The van der Waals surface area contributed by atoms with E-state index >= 15 is 0 Å². The lowest BCUT2D eigenvalue weighted by Gasteiger charge is -2.11. The maximum atomic E-state index is 11.0. The maximum absolute atomic E-state index is 11.0. The Hall–Kier alpha value is -3.33. The van der Waals surface area contributed by atoms with Gasteiger partial charge < -0.3 is 9.47 Å². The van der Waals surface area contributed by atoms with Crippen molar-refractivity contribution in [1.82, 2.24) is 0 Å². The molecule has 3 aromatic rings. The Kier molecular flexibility index (Phi) is 4.41. The van der Waals surface area contributed by atoms with Gasteiger partial charge in [-0.3, -0.25) is 0 Å². The van der Waals surface area contributed by atoms with Crippen molar-refractivity contribution >= 4 is 5.97 Å². The number of ether oxygens (including phenoxy) is 2. The highest BCUT2D eigenvalue weighted by Gasteiger charge is 2.20. The predicted octanol–water partition coefficient (Wildman–Crippen LogP) is 5.03. The summed E-state index contributed by atoms with van der Waals surface area (Å²) in [6.07, 6.45) is 2.00. The lowest BCUT2D eigenvalue weighted by molar-refractivity contribution is -0.138. The Morgan fingerprint density at radius 1 is 1.00 bits per heavy atom. The molecule has 4 rings (SSSR count). The quantitative estimate of drug-likeness (QED) is 0.276. The van der Waals surface area contributed by atoms with Crippen LogP contribution in [0.1, 0.15) is 12.5 Å². The lowest BCUT2D eigenvalue weighted by Crippen LogP contribution is -2.10. The molecule has 0 heterocycles. The smallest absolute Gasteiger partial charge is 0.330 e. The molecule has 27 heavy (non-hydrogen) atoms. The van der Waals surface area contributed by atoms with E-state index in [9.17, 15) is 4.79 Å². The number of fused-ring (bicyclic) bond motifs is 3. The molecule has 1 aliphatic carbocycles. The fourth-order valence-electron chi connectivity index (χ4n) is 3.44. The van der Waals surface area contributed by atoms with Crippen LogP contribution in [0.2, 0.25) is 0 Å². The second-order valence-corrected chi connectivity index (χ2v) is 6.32. The first-order chi connectivity index (χ1) is 13.7. The number of hydrogen-bond acceptors (Lipinski definition) is 3. The van der Waals surface area contributed by atoms with Crippen molar-refractivity contribution in [2.45, 2.75) is 6.42 Å². The van der Waals surface area contributed by atoms with Crippen LogP contribution in [0.5, 0.6) is 5.75 Å². The molecule has 0 atom stereocenters. The molecular formula is C24H20O3. The summed E-state index contributed by atoms with van der Waals surface area (Å²) >= 11 is 0. The van der Waals surface area contributed by atoms with Gasteiger partial charge in [0.2, 0.25) is 0 Å². The summed E-state index contributed by atoms with van der Waals surface area (Å²) in [6.45, 7) is 3.72. The van der Waals surface area contributed by atoms with E-state index in [4.69, 9.17) is 10.8 Å². The molecule has 0 fully saturated rings. The number of carbonyl (C=O) groups is 1. The Labute approximate surface area is 160 Å². The maximum Gasteiger partial charge on any atom is 0.330 e. The second-order valence-electron chi connectivity index (χ2n) is 6.32. The largest absolute Gasteiger partial charge is 0.490 e. The highest BCUT2D eigenvalue weighted by atomic mass is 16.6. The van der Waals surface area contributed by atoms with E-state index < -0.39 is 5.97 Å². The van der Waals surface area contributed by atoms with Crippen LogP contribution in [0.4, 0.5) is 0 Å². The SMILES string of the molecule is [2H]c1cc(OCCOC(=O)C=C)ccc1-c1cccc2c1Cc1ccccc1-2. The molecule has 3 aromatic carbocycles. The van der Waals surface area contributed by atoms with Crippen LogP contribution in [0.25, 0.3) is 22.3 Å². The molecule has 0 N–H and O–H groups in total. The summed E-state index contributed by atoms with van der Waals surface area (Å²) in [5.41, 5.74) is 7.09. The first-order valence-corrected chi connectivity index (χ1v) is 8.90. The van der Waals surface area contributed by atoms with E-state index in [2.05, 4.69) is 43.0 Å². The summed E-state index contributed by atoms with van der Waals surface area (Å²) < 4.78 is 18.9. The van der Waals surface area contributed by atoms with Crippen molar-refractivity contribution in [3.8, 4) is 28.0 Å². The zero-order valence-corrected chi connectivity index (χ0v) is 14.9. The summed E-state index contributed by atoms with van der Waals surface area (Å²) in [4.78, 5) is 11.0. The molecule has 134 valence electrons. The second kappa shape index (κ2) is 7.50. The van der Waals surface area contributed by atoms with Gasteiger partial charge in [-0.1, -0.05) is 61.2 Å². The van der Waals surface area contributed by atoms with E-state index in [0.717, 1.165) is 23.6 Å². The van der Waals surface area contributed by atoms with Crippen molar-refractivity contribution < 1.29 is 15.6 Å². The number of benzene rings is 3. The molecule has 0 unspecified atom stereocenters. The van der Waals surface area contributed by atoms with E-state index in [1.807, 2.05) is 18.2 Å². The van der Waals surface area contributed by atoms with Crippen LogP contribution in [0.15, 0.2) is 79.4 Å². The van der Waals surface area contributed by atoms with Gasteiger partial charge in [0.15, 0.2) is 0 Å². The van der Waals surface area contributed by atoms with Gasteiger partial charge in [-0.05, 0) is 51.9 Å². The molecule has 0 radical (unpaired) electrons. The van der Waals surface area contributed by atoms with Crippen LogP contribution in [0.3, 0.4) is 0 Å². The van der Waals surface area contributed by atoms with Crippen molar-refractivity contribution in [2.75, 3.05) is 13.2 Å². The molecule has 0 saturated heterocycles. The molecular weight excluding hydrogens is 336 g/mol. The standard InChI is InChI=1S/C24H20O3/c1-2-24(25)27-15-14-26-19-12-10-17(11-13-19)20-8-5-9-22-21-7-4-3-6-18(21)16-23(20)22/h2-13H,1,14-16H2/i10D. The molecule has 3 heteroatoms. The van der Waals surface area contributed by atoms with Gasteiger partial charge in [0, 0.05) is 6.08 Å². The van der Waals surface area contributed by atoms with Crippen LogP contribution < -0.4 is 4.74 Å². The van der Waals surface area contributed by atoms with Crippen LogP contribution in [0, 0.1) is 0 Å². The zero-order chi connectivity index (χ0) is 19.5. The first kappa shape index (κ1) is 15.9. The first-order valence-electron chi connectivity index (χ1n) is 9.40. The third-order valence-electron chi connectivity index (χ3n) is 4.69. The number of esters is 1. The Balaban J connectivity index is 1.55. The average molecular weight is 357 g/mol. The Morgan fingerprint density at radius 3 is 2.67 bits per heavy atom. The van der Waals surface area contributed by atoms with Gasteiger partial charge in [-0.25, -0.2) is 4.79 Å².